The monoisotopic (exact) mass is 595 g/mol. The Morgan fingerprint density at radius 1 is 0.676 bits per heavy atom. The van der Waals surface area contributed by atoms with Gasteiger partial charge in [-0.05, 0) is 31.9 Å². The molecule has 168 valence electrons. The van der Waals surface area contributed by atoms with Gasteiger partial charge in [-0.25, -0.2) is 19.9 Å². The minimum atomic E-state index is 0.400. The third kappa shape index (κ3) is 4.42. The zero-order chi connectivity index (χ0) is 23.7. The highest BCUT2D eigenvalue weighted by Gasteiger charge is 2.10. The van der Waals surface area contributed by atoms with Crippen LogP contribution in [0.3, 0.4) is 0 Å². The Bertz CT molecular complexity index is 1480. The number of hydrogen-bond donors (Lipinski definition) is 1. The lowest BCUT2D eigenvalue weighted by molar-refractivity contribution is 1.11. The van der Waals surface area contributed by atoms with E-state index in [1.54, 1.807) is 12.4 Å². The molecule has 0 amide bonds. The summed E-state index contributed by atoms with van der Waals surface area (Å²) in [4.78, 5) is 17.1. The number of nitrogen functional groups attached to an aromatic ring is 1. The predicted octanol–water partition coefficient (Wildman–Crippen LogP) is 6.55. The van der Waals surface area contributed by atoms with Crippen molar-refractivity contribution in [3.63, 3.8) is 0 Å². The van der Waals surface area contributed by atoms with Crippen LogP contribution in [0, 0.1) is 0 Å². The molecule has 0 aliphatic heterocycles. The molecule has 6 rings (SSSR count). The topological polar surface area (TPSA) is 86.4 Å². The lowest BCUT2D eigenvalue weighted by Gasteiger charge is -2.04. The lowest BCUT2D eigenvalue weighted by Crippen LogP contribution is -1.99. The first-order valence-corrected chi connectivity index (χ1v) is 12.1. The quantitative estimate of drug-likeness (QED) is 0.245. The van der Waals surface area contributed by atoms with Crippen LogP contribution < -0.4 is 5.73 Å². The Balaban J connectivity index is 0.000000142. The number of imidazole rings is 2. The number of hydrogen-bond acceptors (Lipinski definition) is 5. The average Bonchev–Trinajstić information content (AvgIpc) is 3.44. The van der Waals surface area contributed by atoms with Crippen molar-refractivity contribution in [2.75, 3.05) is 5.73 Å². The van der Waals surface area contributed by atoms with E-state index in [0.717, 1.165) is 31.7 Å². The van der Waals surface area contributed by atoms with Gasteiger partial charge in [0.25, 0.3) is 0 Å². The smallest absolute Gasteiger partial charge is 0.180 e. The number of nitrogens with two attached hydrogens (primary N) is 1. The molecule has 2 N–H and O–H groups in total. The summed E-state index contributed by atoms with van der Waals surface area (Å²) >= 11 is 13.0. The molecule has 0 unspecified atom stereocenters. The second-order valence-electron chi connectivity index (χ2n) is 7.21. The predicted molar refractivity (Wildman–Crippen MR) is 142 cm³/mol. The van der Waals surface area contributed by atoms with Crippen LogP contribution in [-0.2, 0) is 0 Å². The maximum absolute atomic E-state index is 6.11. The van der Waals surface area contributed by atoms with E-state index in [4.69, 9.17) is 17.3 Å². The Morgan fingerprint density at radius 3 is 1.71 bits per heavy atom. The summed E-state index contributed by atoms with van der Waals surface area (Å²) in [6.07, 6.45) is 7.24. The van der Waals surface area contributed by atoms with Crippen LogP contribution in [0.4, 0.5) is 5.82 Å². The average molecular weight is 598 g/mol. The van der Waals surface area contributed by atoms with E-state index in [9.17, 15) is 0 Å². The van der Waals surface area contributed by atoms with E-state index >= 15 is 0 Å². The van der Waals surface area contributed by atoms with E-state index in [1.807, 2.05) is 81.9 Å². The van der Waals surface area contributed by atoms with Crippen LogP contribution in [0.25, 0.3) is 33.8 Å². The van der Waals surface area contributed by atoms with Crippen molar-refractivity contribution in [3.05, 3.63) is 99.8 Å². The van der Waals surface area contributed by atoms with Gasteiger partial charge in [0, 0.05) is 23.5 Å². The van der Waals surface area contributed by atoms with Gasteiger partial charge < -0.3 is 5.73 Å². The van der Waals surface area contributed by atoms with E-state index in [0.29, 0.717) is 22.3 Å². The molecule has 2 aromatic carbocycles. The minimum absolute atomic E-state index is 0.400. The summed E-state index contributed by atoms with van der Waals surface area (Å²) in [7, 11) is 0. The van der Waals surface area contributed by atoms with Gasteiger partial charge in [-0.2, -0.15) is 0 Å². The summed E-state index contributed by atoms with van der Waals surface area (Å²) in [6.45, 7) is 0. The Labute approximate surface area is 216 Å². The van der Waals surface area contributed by atoms with Crippen molar-refractivity contribution in [2.24, 2.45) is 0 Å². The molecule has 0 fully saturated rings. The molecule has 0 saturated heterocycles. The molecular weight excluding hydrogens is 582 g/mol. The first kappa shape index (κ1) is 22.5. The van der Waals surface area contributed by atoms with Gasteiger partial charge in [0.1, 0.15) is 9.21 Å². The second kappa shape index (κ2) is 9.54. The summed E-state index contributed by atoms with van der Waals surface area (Å²) in [5.41, 5.74) is 10.9. The van der Waals surface area contributed by atoms with Crippen molar-refractivity contribution in [1.29, 1.82) is 0 Å². The maximum Gasteiger partial charge on any atom is 0.180 e. The normalized spacial score (nSPS) is 10.9. The zero-order valence-corrected chi connectivity index (χ0v) is 21.4. The molecule has 0 spiro atoms. The van der Waals surface area contributed by atoms with Gasteiger partial charge in [-0.15, -0.1) is 0 Å². The van der Waals surface area contributed by atoms with Crippen molar-refractivity contribution < 1.29 is 0 Å². The van der Waals surface area contributed by atoms with Crippen molar-refractivity contribution in [3.8, 4) is 22.5 Å². The molecule has 10 heteroatoms. The van der Waals surface area contributed by atoms with Crippen molar-refractivity contribution >= 4 is 60.6 Å². The second-order valence-corrected chi connectivity index (χ2v) is 9.19. The molecule has 4 heterocycles. The van der Waals surface area contributed by atoms with Crippen molar-refractivity contribution in [1.82, 2.24) is 28.7 Å². The highest BCUT2D eigenvalue weighted by atomic mass is 79.9. The highest BCUT2D eigenvalue weighted by molar-refractivity contribution is 9.10. The summed E-state index contributed by atoms with van der Waals surface area (Å²) in [5.74, 6) is 0.428. The first-order chi connectivity index (χ1) is 16.5. The van der Waals surface area contributed by atoms with Gasteiger partial charge in [-0.1, -0.05) is 72.3 Å². The molecule has 0 aliphatic carbocycles. The summed E-state index contributed by atoms with van der Waals surface area (Å²) < 4.78 is 5.47. The molecule has 4 aromatic heterocycles. The molecule has 0 atom stereocenters. The minimum Gasteiger partial charge on any atom is -0.381 e. The fourth-order valence-corrected chi connectivity index (χ4v) is 4.38. The maximum atomic E-state index is 6.11. The van der Waals surface area contributed by atoms with E-state index in [-0.39, 0.29) is 0 Å². The van der Waals surface area contributed by atoms with E-state index in [1.165, 1.54) is 0 Å². The first-order valence-electron chi connectivity index (χ1n) is 10.1. The van der Waals surface area contributed by atoms with Gasteiger partial charge in [0.15, 0.2) is 22.3 Å². The van der Waals surface area contributed by atoms with Crippen molar-refractivity contribution in [2.45, 2.75) is 0 Å². The number of benzene rings is 2. The largest absolute Gasteiger partial charge is 0.381 e. The van der Waals surface area contributed by atoms with Gasteiger partial charge >= 0.3 is 0 Å². The summed E-state index contributed by atoms with van der Waals surface area (Å²) in [6, 6.07) is 19.8. The van der Waals surface area contributed by atoms with Crippen LogP contribution in [0.1, 0.15) is 0 Å². The van der Waals surface area contributed by atoms with Gasteiger partial charge in [0.05, 0.1) is 23.8 Å². The third-order valence-corrected chi connectivity index (χ3v) is 6.45. The van der Waals surface area contributed by atoms with E-state index in [2.05, 4.69) is 51.8 Å². The number of rotatable bonds is 2. The fraction of sp³-hybridized carbons (Fsp3) is 0. The van der Waals surface area contributed by atoms with Crippen LogP contribution in [-0.4, -0.2) is 28.7 Å². The molecule has 34 heavy (non-hydrogen) atoms. The number of halogens is 3. The van der Waals surface area contributed by atoms with Gasteiger partial charge in [0.2, 0.25) is 0 Å². The van der Waals surface area contributed by atoms with Gasteiger partial charge in [-0.3, -0.25) is 8.80 Å². The van der Waals surface area contributed by atoms with Crippen LogP contribution >= 0.6 is 43.5 Å². The number of aromatic nitrogens is 6. The van der Waals surface area contributed by atoms with Crippen LogP contribution in [0.2, 0.25) is 5.15 Å². The Hall–Kier alpha value is -3.27. The molecule has 7 nitrogen and oxygen atoms in total. The highest BCUT2D eigenvalue weighted by Crippen LogP contribution is 2.25. The molecule has 0 radical (unpaired) electrons. The third-order valence-electron chi connectivity index (χ3n) is 5.02. The Morgan fingerprint density at radius 2 is 1.15 bits per heavy atom. The van der Waals surface area contributed by atoms with Crippen LogP contribution in [0.15, 0.2) is 94.7 Å². The number of nitrogens with zero attached hydrogens (tertiary/aromatic N) is 6. The lowest BCUT2D eigenvalue weighted by atomic mass is 10.2. The molecule has 0 aliphatic rings. The van der Waals surface area contributed by atoms with Crippen LogP contribution in [0.5, 0.6) is 0 Å². The standard InChI is InChI=1S/C12H7BrClN3.C12H9BrN4/c2*13-10-6-15-12-11(14)16-9(7-17(10)12)8-4-2-1-3-5-8/h1-7H;1-7H,(H2,14,16). The molecule has 0 saturated carbocycles. The Kier molecular flexibility index (Phi) is 6.32. The number of fused-ring (bicyclic) bond motifs is 2. The molecular formula is C24H16Br2ClN7. The molecule has 0 bridgehead atoms. The van der Waals surface area contributed by atoms with E-state index < -0.39 is 0 Å². The molecule has 6 aromatic rings. The summed E-state index contributed by atoms with van der Waals surface area (Å²) in [5, 5.41) is 0.400. The zero-order valence-electron chi connectivity index (χ0n) is 17.5. The number of anilines is 1. The SMILES string of the molecule is Clc1nc(-c2ccccc2)cn2c(Br)cnc12.Nc1nc(-c2ccccc2)cn2c(Br)cnc12. The fourth-order valence-electron chi connectivity index (χ4n) is 3.40.